The molecular formula is C19H31N. The number of nitrogens with one attached hydrogen (secondary N) is 1. The van der Waals surface area contributed by atoms with Crippen molar-refractivity contribution >= 4 is 0 Å². The maximum absolute atomic E-state index is 3.84. The molecule has 1 heteroatoms. The molecule has 1 fully saturated rings. The first-order valence-electron chi connectivity index (χ1n) is 8.37. The van der Waals surface area contributed by atoms with Crippen molar-refractivity contribution in [2.75, 3.05) is 6.54 Å². The van der Waals surface area contributed by atoms with Crippen molar-refractivity contribution in [3.05, 3.63) is 34.9 Å². The van der Waals surface area contributed by atoms with Gasteiger partial charge in [0, 0.05) is 6.04 Å². The summed E-state index contributed by atoms with van der Waals surface area (Å²) in [6, 6.07) is 7.55. The quantitative estimate of drug-likeness (QED) is 0.766. The van der Waals surface area contributed by atoms with E-state index in [0.717, 1.165) is 6.54 Å². The van der Waals surface area contributed by atoms with Crippen LogP contribution in [0.3, 0.4) is 0 Å². The van der Waals surface area contributed by atoms with Gasteiger partial charge in [0.25, 0.3) is 0 Å². The van der Waals surface area contributed by atoms with Crippen LogP contribution in [0, 0.1) is 19.3 Å². The maximum atomic E-state index is 3.84. The van der Waals surface area contributed by atoms with E-state index in [1.54, 1.807) is 0 Å². The Kier molecular flexibility index (Phi) is 5.26. The molecule has 0 aliphatic heterocycles. The summed E-state index contributed by atoms with van der Waals surface area (Å²) in [6.07, 6.45) is 8.14. The van der Waals surface area contributed by atoms with Crippen LogP contribution < -0.4 is 5.32 Å². The van der Waals surface area contributed by atoms with Gasteiger partial charge in [-0.15, -0.1) is 0 Å². The zero-order valence-electron chi connectivity index (χ0n) is 13.8. The van der Waals surface area contributed by atoms with Gasteiger partial charge in [0.2, 0.25) is 0 Å². The summed E-state index contributed by atoms with van der Waals surface area (Å²) in [7, 11) is 0. The summed E-state index contributed by atoms with van der Waals surface area (Å²) in [4.78, 5) is 0. The molecule has 0 radical (unpaired) electrons. The Balaban J connectivity index is 2.28. The number of hydrogen-bond acceptors (Lipinski definition) is 1. The lowest BCUT2D eigenvalue weighted by molar-refractivity contribution is 0.144. The van der Waals surface area contributed by atoms with Crippen molar-refractivity contribution in [3.8, 4) is 0 Å². The van der Waals surface area contributed by atoms with Crippen LogP contribution in [0.2, 0.25) is 0 Å². The van der Waals surface area contributed by atoms with E-state index >= 15 is 0 Å². The van der Waals surface area contributed by atoms with Gasteiger partial charge < -0.3 is 5.32 Å². The van der Waals surface area contributed by atoms with Gasteiger partial charge in [-0.05, 0) is 61.8 Å². The van der Waals surface area contributed by atoms with Crippen LogP contribution >= 0.6 is 0 Å². The molecular weight excluding hydrogens is 242 g/mol. The fraction of sp³-hybridized carbons (Fsp3) is 0.684. The number of hydrogen-bond donors (Lipinski definition) is 1. The van der Waals surface area contributed by atoms with E-state index in [-0.39, 0.29) is 0 Å². The molecule has 1 aromatic carbocycles. The Labute approximate surface area is 125 Å². The van der Waals surface area contributed by atoms with Crippen LogP contribution in [-0.4, -0.2) is 6.54 Å². The maximum Gasteiger partial charge on any atom is 0.0374 e. The highest BCUT2D eigenvalue weighted by molar-refractivity contribution is 5.32. The molecule has 1 unspecified atom stereocenters. The first kappa shape index (κ1) is 15.6. The van der Waals surface area contributed by atoms with Gasteiger partial charge in [0.1, 0.15) is 0 Å². The van der Waals surface area contributed by atoms with Crippen molar-refractivity contribution in [2.45, 2.75) is 72.3 Å². The molecule has 1 aliphatic rings. The van der Waals surface area contributed by atoms with Gasteiger partial charge in [-0.25, -0.2) is 0 Å². The lowest BCUT2D eigenvalue weighted by Crippen LogP contribution is -2.38. The first-order chi connectivity index (χ1) is 9.57. The summed E-state index contributed by atoms with van der Waals surface area (Å²) < 4.78 is 0. The minimum atomic E-state index is 0.426. The molecule has 0 spiro atoms. The van der Waals surface area contributed by atoms with Crippen LogP contribution in [0.15, 0.2) is 18.2 Å². The molecule has 0 heterocycles. The van der Waals surface area contributed by atoms with Gasteiger partial charge in [-0.1, -0.05) is 51.3 Å². The zero-order chi connectivity index (χ0) is 14.6. The molecule has 0 aromatic heterocycles. The molecule has 1 saturated carbocycles. The monoisotopic (exact) mass is 273 g/mol. The van der Waals surface area contributed by atoms with Crippen molar-refractivity contribution in [3.63, 3.8) is 0 Å². The molecule has 112 valence electrons. The summed E-state index contributed by atoms with van der Waals surface area (Å²) >= 11 is 0. The largest absolute Gasteiger partial charge is 0.309 e. The average Bonchev–Trinajstić information content (AvgIpc) is 2.43. The van der Waals surface area contributed by atoms with E-state index in [9.17, 15) is 0 Å². The molecule has 1 nitrogen and oxygen atoms in total. The van der Waals surface area contributed by atoms with E-state index in [4.69, 9.17) is 0 Å². The molecule has 2 rings (SSSR count). The molecule has 1 aliphatic carbocycles. The zero-order valence-corrected chi connectivity index (χ0v) is 13.8. The van der Waals surface area contributed by atoms with Gasteiger partial charge in [-0.2, -0.15) is 0 Å². The lowest BCUT2D eigenvalue weighted by atomic mass is 9.68. The minimum Gasteiger partial charge on any atom is -0.309 e. The van der Waals surface area contributed by atoms with Crippen molar-refractivity contribution < 1.29 is 0 Å². The van der Waals surface area contributed by atoms with Crippen molar-refractivity contribution in [2.24, 2.45) is 5.41 Å². The van der Waals surface area contributed by atoms with E-state index in [1.807, 2.05) is 0 Å². The van der Waals surface area contributed by atoms with Crippen molar-refractivity contribution in [1.29, 1.82) is 0 Å². The number of rotatable bonds is 5. The van der Waals surface area contributed by atoms with Crippen LogP contribution in [0.4, 0.5) is 0 Å². The third kappa shape index (κ3) is 3.44. The summed E-state index contributed by atoms with van der Waals surface area (Å²) in [5, 5.41) is 3.84. The van der Waals surface area contributed by atoms with Gasteiger partial charge in [-0.3, -0.25) is 0 Å². The minimum absolute atomic E-state index is 0.426. The van der Waals surface area contributed by atoms with E-state index in [1.165, 1.54) is 55.2 Å². The summed E-state index contributed by atoms with van der Waals surface area (Å²) in [6.45, 7) is 10.3. The predicted molar refractivity (Wildman–Crippen MR) is 88.1 cm³/mol. The average molecular weight is 273 g/mol. The third-order valence-corrected chi connectivity index (χ3v) is 5.16. The van der Waals surface area contributed by atoms with E-state index in [2.05, 4.69) is 51.2 Å². The molecule has 20 heavy (non-hydrogen) atoms. The van der Waals surface area contributed by atoms with Crippen LogP contribution in [-0.2, 0) is 0 Å². The highest BCUT2D eigenvalue weighted by Gasteiger charge is 2.36. The highest BCUT2D eigenvalue weighted by atomic mass is 14.9. The predicted octanol–water partition coefficient (Wildman–Crippen LogP) is 5.31. The Morgan fingerprint density at radius 2 is 1.80 bits per heavy atom. The molecule has 0 saturated heterocycles. The number of aryl methyl sites for hydroxylation is 2. The normalized spacial score (nSPS) is 19.8. The second-order valence-electron chi connectivity index (χ2n) is 6.95. The fourth-order valence-electron chi connectivity index (χ4n) is 3.65. The van der Waals surface area contributed by atoms with Crippen molar-refractivity contribution in [1.82, 2.24) is 5.32 Å². The Morgan fingerprint density at radius 3 is 2.40 bits per heavy atom. The number of benzene rings is 1. The Bertz CT molecular complexity index is 429. The van der Waals surface area contributed by atoms with Gasteiger partial charge in [0.05, 0.1) is 0 Å². The Hall–Kier alpha value is -0.820. The standard InChI is InChI=1S/C19H31N/c1-5-13-20-18(19(4)11-7-6-8-12-19)17-10-9-15(2)16(3)14-17/h9-10,14,18,20H,5-8,11-13H2,1-4H3. The molecule has 1 aromatic rings. The van der Waals surface area contributed by atoms with Crippen LogP contribution in [0.25, 0.3) is 0 Å². The summed E-state index contributed by atoms with van der Waals surface area (Å²) in [5.74, 6) is 0. The SMILES string of the molecule is CCCNC(c1ccc(C)c(C)c1)C1(C)CCCCC1. The first-order valence-corrected chi connectivity index (χ1v) is 8.37. The summed E-state index contributed by atoms with van der Waals surface area (Å²) in [5.41, 5.74) is 4.74. The second-order valence-corrected chi connectivity index (χ2v) is 6.95. The fourth-order valence-corrected chi connectivity index (χ4v) is 3.65. The van der Waals surface area contributed by atoms with Crippen LogP contribution in [0.1, 0.15) is 75.1 Å². The lowest BCUT2D eigenvalue weighted by Gasteiger charge is -2.42. The van der Waals surface area contributed by atoms with Gasteiger partial charge in [0.15, 0.2) is 0 Å². The van der Waals surface area contributed by atoms with E-state index < -0.39 is 0 Å². The molecule has 0 amide bonds. The third-order valence-electron chi connectivity index (χ3n) is 5.16. The van der Waals surface area contributed by atoms with Crippen LogP contribution in [0.5, 0.6) is 0 Å². The highest BCUT2D eigenvalue weighted by Crippen LogP contribution is 2.45. The van der Waals surface area contributed by atoms with E-state index in [0.29, 0.717) is 11.5 Å². The Morgan fingerprint density at radius 1 is 1.10 bits per heavy atom. The topological polar surface area (TPSA) is 12.0 Å². The second kappa shape index (κ2) is 6.76. The molecule has 1 atom stereocenters. The molecule has 0 bridgehead atoms. The smallest absolute Gasteiger partial charge is 0.0374 e. The molecule has 1 N–H and O–H groups in total. The van der Waals surface area contributed by atoms with Gasteiger partial charge >= 0.3 is 0 Å².